The highest BCUT2D eigenvalue weighted by Gasteiger charge is 2.25. The quantitative estimate of drug-likeness (QED) is 0.645. The van der Waals surface area contributed by atoms with Gasteiger partial charge in [0.05, 0.1) is 18.8 Å². The molecule has 0 N–H and O–H groups in total. The zero-order valence-corrected chi connectivity index (χ0v) is 17.6. The predicted octanol–water partition coefficient (Wildman–Crippen LogP) is 3.76. The molecule has 1 unspecified atom stereocenters. The molecular weight excluding hydrogens is 366 g/mol. The number of amides is 1. The van der Waals surface area contributed by atoms with E-state index in [0.717, 1.165) is 49.7 Å². The van der Waals surface area contributed by atoms with E-state index in [4.69, 9.17) is 9.47 Å². The highest BCUT2D eigenvalue weighted by atomic mass is 16.5. The van der Waals surface area contributed by atoms with Gasteiger partial charge >= 0.3 is 0 Å². The molecule has 1 fully saturated rings. The number of hydrogen-bond donors (Lipinski definition) is 0. The fraction of sp³-hybridized carbons (Fsp3) is 0.478. The molecule has 0 aliphatic carbocycles. The number of rotatable bonds is 9. The van der Waals surface area contributed by atoms with Crippen LogP contribution < -0.4 is 9.64 Å². The standard InChI is InChI=1S/C23H31N3O3/c1-4-25(5-2)22-13-12-18(15-24-22)23(27)26(17-20-10-8-14-29-20)16-19-9-6-7-11-21(19)28-3/h6-7,9,11-13,15,20H,4-5,8,10,14,16-17H2,1-3H3. The third-order valence-electron chi connectivity index (χ3n) is 5.37. The van der Waals surface area contributed by atoms with Crippen molar-refractivity contribution < 1.29 is 14.3 Å². The van der Waals surface area contributed by atoms with Crippen LogP contribution in [0.1, 0.15) is 42.6 Å². The monoisotopic (exact) mass is 397 g/mol. The molecule has 3 rings (SSSR count). The number of hydrogen-bond acceptors (Lipinski definition) is 5. The number of methoxy groups -OCH3 is 1. The molecule has 156 valence electrons. The minimum atomic E-state index is -0.0370. The number of benzene rings is 1. The molecule has 6 heteroatoms. The molecule has 1 atom stereocenters. The maximum absolute atomic E-state index is 13.3. The van der Waals surface area contributed by atoms with E-state index in [0.29, 0.717) is 18.7 Å². The van der Waals surface area contributed by atoms with Crippen LogP contribution in [-0.2, 0) is 11.3 Å². The first-order chi connectivity index (χ1) is 14.2. The average molecular weight is 398 g/mol. The Labute approximate surface area is 173 Å². The Balaban J connectivity index is 1.81. The first kappa shape index (κ1) is 21.1. The van der Waals surface area contributed by atoms with Crippen LogP contribution >= 0.6 is 0 Å². The highest BCUT2D eigenvalue weighted by molar-refractivity contribution is 5.94. The third-order valence-corrected chi connectivity index (χ3v) is 5.37. The molecule has 1 saturated heterocycles. The molecule has 1 aliphatic rings. The lowest BCUT2D eigenvalue weighted by Gasteiger charge is -2.26. The van der Waals surface area contributed by atoms with E-state index in [2.05, 4.69) is 23.7 Å². The Morgan fingerprint density at radius 1 is 1.21 bits per heavy atom. The molecule has 1 amide bonds. The largest absolute Gasteiger partial charge is 0.496 e. The SMILES string of the molecule is CCN(CC)c1ccc(C(=O)N(Cc2ccccc2OC)CC2CCCO2)cn1. The number of pyridine rings is 1. The van der Waals surface area contributed by atoms with E-state index in [1.54, 1.807) is 13.3 Å². The van der Waals surface area contributed by atoms with E-state index < -0.39 is 0 Å². The van der Waals surface area contributed by atoms with Crippen LogP contribution in [0, 0.1) is 0 Å². The summed E-state index contributed by atoms with van der Waals surface area (Å²) in [6.07, 6.45) is 3.79. The molecule has 0 spiro atoms. The van der Waals surface area contributed by atoms with Gasteiger partial charge in [-0.1, -0.05) is 18.2 Å². The molecule has 1 aromatic carbocycles. The lowest BCUT2D eigenvalue weighted by atomic mass is 10.1. The minimum Gasteiger partial charge on any atom is -0.496 e. The lowest BCUT2D eigenvalue weighted by Crippen LogP contribution is -2.37. The molecule has 2 heterocycles. The maximum atomic E-state index is 13.3. The van der Waals surface area contributed by atoms with Crippen molar-refractivity contribution in [3.05, 3.63) is 53.7 Å². The van der Waals surface area contributed by atoms with E-state index in [-0.39, 0.29) is 12.0 Å². The van der Waals surface area contributed by atoms with Gasteiger partial charge in [0, 0.05) is 44.5 Å². The zero-order chi connectivity index (χ0) is 20.6. The van der Waals surface area contributed by atoms with Crippen LogP contribution in [0.15, 0.2) is 42.6 Å². The first-order valence-corrected chi connectivity index (χ1v) is 10.4. The van der Waals surface area contributed by atoms with Crippen molar-refractivity contribution >= 4 is 11.7 Å². The van der Waals surface area contributed by atoms with E-state index in [9.17, 15) is 4.79 Å². The first-order valence-electron chi connectivity index (χ1n) is 10.4. The summed E-state index contributed by atoms with van der Waals surface area (Å²) < 4.78 is 11.3. The fourth-order valence-electron chi connectivity index (χ4n) is 3.72. The summed E-state index contributed by atoms with van der Waals surface area (Å²) in [4.78, 5) is 21.9. The average Bonchev–Trinajstić information content (AvgIpc) is 3.28. The van der Waals surface area contributed by atoms with Gasteiger partial charge < -0.3 is 19.3 Å². The smallest absolute Gasteiger partial charge is 0.255 e. The Hall–Kier alpha value is -2.60. The van der Waals surface area contributed by atoms with Gasteiger partial charge in [0.1, 0.15) is 11.6 Å². The van der Waals surface area contributed by atoms with Crippen LogP contribution in [0.5, 0.6) is 5.75 Å². The van der Waals surface area contributed by atoms with Gasteiger partial charge in [0.15, 0.2) is 0 Å². The Morgan fingerprint density at radius 3 is 2.62 bits per heavy atom. The second-order valence-corrected chi connectivity index (χ2v) is 7.21. The molecule has 2 aromatic rings. The summed E-state index contributed by atoms with van der Waals surface area (Å²) in [5.41, 5.74) is 1.57. The Kier molecular flexibility index (Phi) is 7.47. The molecule has 6 nitrogen and oxygen atoms in total. The van der Waals surface area contributed by atoms with E-state index in [1.807, 2.05) is 41.3 Å². The van der Waals surface area contributed by atoms with Gasteiger partial charge in [-0.3, -0.25) is 4.79 Å². The van der Waals surface area contributed by atoms with E-state index >= 15 is 0 Å². The highest BCUT2D eigenvalue weighted by Crippen LogP contribution is 2.23. The van der Waals surface area contributed by atoms with Crippen molar-refractivity contribution in [3.63, 3.8) is 0 Å². The Morgan fingerprint density at radius 2 is 2.00 bits per heavy atom. The fourth-order valence-corrected chi connectivity index (χ4v) is 3.72. The molecule has 0 saturated carbocycles. The number of nitrogens with zero attached hydrogens (tertiary/aromatic N) is 3. The van der Waals surface area contributed by atoms with Gasteiger partial charge in [-0.25, -0.2) is 4.98 Å². The van der Waals surface area contributed by atoms with Crippen molar-refractivity contribution in [3.8, 4) is 5.75 Å². The second kappa shape index (κ2) is 10.3. The van der Waals surface area contributed by atoms with Crippen molar-refractivity contribution in [1.29, 1.82) is 0 Å². The molecule has 29 heavy (non-hydrogen) atoms. The number of carbonyl (C=O) groups excluding carboxylic acids is 1. The van der Waals surface area contributed by atoms with Crippen molar-refractivity contribution in [1.82, 2.24) is 9.88 Å². The van der Waals surface area contributed by atoms with Crippen molar-refractivity contribution in [2.24, 2.45) is 0 Å². The molecule has 0 bridgehead atoms. The molecule has 0 radical (unpaired) electrons. The number of ether oxygens (including phenoxy) is 2. The summed E-state index contributed by atoms with van der Waals surface area (Å²) in [5.74, 6) is 1.64. The number of para-hydroxylation sites is 1. The van der Waals surface area contributed by atoms with Gasteiger partial charge in [-0.2, -0.15) is 0 Å². The lowest BCUT2D eigenvalue weighted by molar-refractivity contribution is 0.0505. The van der Waals surface area contributed by atoms with Gasteiger partial charge in [0.25, 0.3) is 5.91 Å². The molecular formula is C23H31N3O3. The third kappa shape index (κ3) is 5.26. The predicted molar refractivity (Wildman–Crippen MR) is 115 cm³/mol. The zero-order valence-electron chi connectivity index (χ0n) is 17.6. The summed E-state index contributed by atoms with van der Waals surface area (Å²) in [5, 5.41) is 0. The van der Waals surface area contributed by atoms with Gasteiger partial charge in [-0.05, 0) is 44.9 Å². The van der Waals surface area contributed by atoms with Crippen LogP contribution in [0.3, 0.4) is 0 Å². The van der Waals surface area contributed by atoms with Crippen LogP contribution in [0.25, 0.3) is 0 Å². The van der Waals surface area contributed by atoms with Crippen molar-refractivity contribution in [2.45, 2.75) is 39.3 Å². The maximum Gasteiger partial charge on any atom is 0.255 e. The van der Waals surface area contributed by atoms with Gasteiger partial charge in [0.2, 0.25) is 0 Å². The summed E-state index contributed by atoms with van der Waals surface area (Å²) in [6.45, 7) is 7.77. The second-order valence-electron chi connectivity index (χ2n) is 7.21. The summed E-state index contributed by atoms with van der Waals surface area (Å²) in [7, 11) is 1.65. The number of carbonyl (C=O) groups is 1. The van der Waals surface area contributed by atoms with Crippen LogP contribution in [0.2, 0.25) is 0 Å². The van der Waals surface area contributed by atoms with Gasteiger partial charge in [-0.15, -0.1) is 0 Å². The summed E-state index contributed by atoms with van der Waals surface area (Å²) >= 11 is 0. The number of anilines is 1. The van der Waals surface area contributed by atoms with Crippen LogP contribution in [-0.4, -0.2) is 55.2 Å². The van der Waals surface area contributed by atoms with E-state index in [1.165, 1.54) is 0 Å². The topological polar surface area (TPSA) is 54.9 Å². The van der Waals surface area contributed by atoms with Crippen LogP contribution in [0.4, 0.5) is 5.82 Å². The Bertz CT molecular complexity index is 784. The molecule has 1 aliphatic heterocycles. The normalized spacial score (nSPS) is 15.9. The minimum absolute atomic E-state index is 0.0370. The number of aromatic nitrogens is 1. The summed E-state index contributed by atoms with van der Waals surface area (Å²) in [6, 6.07) is 11.6. The van der Waals surface area contributed by atoms with Crippen molar-refractivity contribution in [2.75, 3.05) is 38.3 Å². The molecule has 1 aromatic heterocycles.